The van der Waals surface area contributed by atoms with Crippen molar-refractivity contribution in [2.24, 2.45) is 5.73 Å². The van der Waals surface area contributed by atoms with Gasteiger partial charge in [0.05, 0.1) is 16.1 Å². The van der Waals surface area contributed by atoms with Crippen molar-refractivity contribution in [1.82, 2.24) is 4.98 Å². The minimum atomic E-state index is -4.43. The van der Waals surface area contributed by atoms with E-state index in [0.29, 0.717) is 18.5 Å². The summed E-state index contributed by atoms with van der Waals surface area (Å²) < 4.78 is 37.4. The summed E-state index contributed by atoms with van der Waals surface area (Å²) >= 11 is 4.87. The number of hydrogen-bond acceptors (Lipinski definition) is 2. The Morgan fingerprint density at radius 2 is 2.00 bits per heavy atom. The predicted molar refractivity (Wildman–Crippen MR) is 56.9 cm³/mol. The number of pyridine rings is 1. The molecule has 1 aliphatic rings. The fourth-order valence-electron chi connectivity index (χ4n) is 1.61. The molecule has 0 atom stereocenters. The summed E-state index contributed by atoms with van der Waals surface area (Å²) in [6.07, 6.45) is -3.07. The predicted octanol–water partition coefficient (Wildman–Crippen LogP) is 2.42. The molecule has 0 bridgehead atoms. The van der Waals surface area contributed by atoms with E-state index in [4.69, 9.17) is 18.0 Å². The molecule has 1 aromatic rings. The van der Waals surface area contributed by atoms with Gasteiger partial charge < -0.3 is 5.73 Å². The second-order valence-electron chi connectivity index (χ2n) is 3.85. The van der Waals surface area contributed by atoms with Gasteiger partial charge in [-0.2, -0.15) is 13.2 Å². The molecular weight excluding hydrogens is 237 g/mol. The van der Waals surface area contributed by atoms with E-state index in [1.807, 2.05) is 0 Å². The molecule has 2 rings (SSSR count). The van der Waals surface area contributed by atoms with Crippen molar-refractivity contribution in [2.75, 3.05) is 0 Å². The van der Waals surface area contributed by atoms with Crippen LogP contribution in [-0.2, 0) is 11.6 Å². The van der Waals surface area contributed by atoms with Crippen molar-refractivity contribution < 1.29 is 13.2 Å². The first-order chi connectivity index (χ1) is 7.36. The molecule has 0 saturated heterocycles. The van der Waals surface area contributed by atoms with Crippen LogP contribution in [0.25, 0.3) is 0 Å². The first kappa shape index (κ1) is 11.3. The molecule has 1 aromatic heterocycles. The zero-order valence-corrected chi connectivity index (χ0v) is 9.03. The SMILES string of the molecule is NC(=S)C1(c2cccc(C(F)(F)F)n2)CC1. The quantitative estimate of drug-likeness (QED) is 0.814. The van der Waals surface area contributed by atoms with Crippen LogP contribution >= 0.6 is 12.2 Å². The molecule has 6 heteroatoms. The average Bonchev–Trinajstić information content (AvgIpc) is 2.97. The molecule has 0 aromatic carbocycles. The van der Waals surface area contributed by atoms with Gasteiger partial charge >= 0.3 is 6.18 Å². The van der Waals surface area contributed by atoms with Gasteiger partial charge in [-0.25, -0.2) is 4.98 Å². The van der Waals surface area contributed by atoms with Crippen LogP contribution in [0, 0.1) is 0 Å². The maximum atomic E-state index is 12.5. The van der Waals surface area contributed by atoms with E-state index in [0.717, 1.165) is 6.07 Å². The Balaban J connectivity index is 2.41. The van der Waals surface area contributed by atoms with Crippen molar-refractivity contribution in [1.29, 1.82) is 0 Å². The lowest BCUT2D eigenvalue weighted by Gasteiger charge is -2.14. The third-order valence-corrected chi connectivity index (χ3v) is 3.14. The Labute approximate surface area is 95.7 Å². The van der Waals surface area contributed by atoms with Gasteiger partial charge in [0.2, 0.25) is 0 Å². The molecule has 2 nitrogen and oxygen atoms in total. The summed E-state index contributed by atoms with van der Waals surface area (Å²) in [5.74, 6) is 0. The van der Waals surface area contributed by atoms with Crippen LogP contribution in [0.15, 0.2) is 18.2 Å². The van der Waals surface area contributed by atoms with Crippen molar-refractivity contribution >= 4 is 17.2 Å². The molecule has 0 radical (unpaired) electrons. The van der Waals surface area contributed by atoms with Crippen LogP contribution < -0.4 is 5.73 Å². The molecule has 1 saturated carbocycles. The largest absolute Gasteiger partial charge is 0.433 e. The molecule has 1 fully saturated rings. The number of hydrogen-bond donors (Lipinski definition) is 1. The summed E-state index contributed by atoms with van der Waals surface area (Å²) in [5, 5.41) is 0. The van der Waals surface area contributed by atoms with Crippen LogP contribution in [0.4, 0.5) is 13.2 Å². The first-order valence-corrected chi connectivity index (χ1v) is 5.12. The standard InChI is InChI=1S/C10H9F3N2S/c11-10(12,13)7-3-1-2-6(15-7)9(4-5-9)8(14)16/h1-3H,4-5H2,(H2,14,16). The summed E-state index contributed by atoms with van der Waals surface area (Å²) in [4.78, 5) is 3.83. The van der Waals surface area contributed by atoms with E-state index < -0.39 is 17.3 Å². The molecule has 2 N–H and O–H groups in total. The van der Waals surface area contributed by atoms with Crippen molar-refractivity contribution in [3.63, 3.8) is 0 Å². The number of rotatable bonds is 2. The number of thiocarbonyl (C=S) groups is 1. The lowest BCUT2D eigenvalue weighted by Crippen LogP contribution is -2.28. The topological polar surface area (TPSA) is 38.9 Å². The van der Waals surface area contributed by atoms with Gasteiger partial charge in [0.1, 0.15) is 5.69 Å². The Kier molecular flexibility index (Phi) is 2.41. The number of nitrogens with two attached hydrogens (primary N) is 1. The van der Waals surface area contributed by atoms with Gasteiger partial charge in [-0.15, -0.1) is 0 Å². The third kappa shape index (κ3) is 1.77. The zero-order valence-electron chi connectivity index (χ0n) is 8.21. The summed E-state index contributed by atoms with van der Waals surface area (Å²) in [6, 6.07) is 3.82. The third-order valence-electron chi connectivity index (χ3n) is 2.75. The highest BCUT2D eigenvalue weighted by Crippen LogP contribution is 2.48. The van der Waals surface area contributed by atoms with E-state index in [1.165, 1.54) is 6.07 Å². The Morgan fingerprint density at radius 3 is 2.44 bits per heavy atom. The number of halogens is 3. The smallest absolute Gasteiger partial charge is 0.393 e. The molecule has 0 spiro atoms. The van der Waals surface area contributed by atoms with Gasteiger partial charge in [0, 0.05) is 0 Å². The minimum absolute atomic E-state index is 0.222. The molecule has 0 aliphatic heterocycles. The van der Waals surface area contributed by atoms with E-state index in [-0.39, 0.29) is 4.99 Å². The first-order valence-electron chi connectivity index (χ1n) is 4.71. The van der Waals surface area contributed by atoms with Crippen LogP contribution in [0.1, 0.15) is 24.2 Å². The summed E-state index contributed by atoms with van der Waals surface area (Å²) in [7, 11) is 0. The fourth-order valence-corrected chi connectivity index (χ4v) is 1.92. The van der Waals surface area contributed by atoms with E-state index >= 15 is 0 Å². The van der Waals surface area contributed by atoms with E-state index in [2.05, 4.69) is 4.98 Å². The Bertz CT molecular complexity index is 438. The second-order valence-corrected chi connectivity index (χ2v) is 4.29. The Morgan fingerprint density at radius 1 is 1.38 bits per heavy atom. The summed E-state index contributed by atoms with van der Waals surface area (Å²) in [5.41, 5.74) is 4.37. The monoisotopic (exact) mass is 246 g/mol. The highest BCUT2D eigenvalue weighted by molar-refractivity contribution is 7.80. The average molecular weight is 246 g/mol. The van der Waals surface area contributed by atoms with Crippen molar-refractivity contribution in [3.05, 3.63) is 29.6 Å². The highest BCUT2D eigenvalue weighted by Gasteiger charge is 2.49. The minimum Gasteiger partial charge on any atom is -0.393 e. The molecule has 0 unspecified atom stereocenters. The molecule has 0 amide bonds. The number of nitrogens with zero attached hydrogens (tertiary/aromatic N) is 1. The van der Waals surface area contributed by atoms with Crippen molar-refractivity contribution in [3.8, 4) is 0 Å². The van der Waals surface area contributed by atoms with Crippen LogP contribution in [-0.4, -0.2) is 9.97 Å². The second kappa shape index (κ2) is 3.41. The molecule has 1 aliphatic carbocycles. The highest BCUT2D eigenvalue weighted by atomic mass is 32.1. The molecule has 1 heterocycles. The van der Waals surface area contributed by atoms with Gasteiger partial charge in [-0.05, 0) is 25.0 Å². The van der Waals surface area contributed by atoms with E-state index in [1.54, 1.807) is 6.07 Å². The van der Waals surface area contributed by atoms with Crippen LogP contribution in [0.2, 0.25) is 0 Å². The maximum absolute atomic E-state index is 12.5. The van der Waals surface area contributed by atoms with Gasteiger partial charge in [0.25, 0.3) is 0 Å². The number of alkyl halides is 3. The molecular formula is C10H9F3N2S. The lowest BCUT2D eigenvalue weighted by atomic mass is 10.0. The normalized spacial score (nSPS) is 18.2. The van der Waals surface area contributed by atoms with Crippen molar-refractivity contribution in [2.45, 2.75) is 24.4 Å². The van der Waals surface area contributed by atoms with E-state index in [9.17, 15) is 13.2 Å². The van der Waals surface area contributed by atoms with Crippen LogP contribution in [0.5, 0.6) is 0 Å². The lowest BCUT2D eigenvalue weighted by molar-refractivity contribution is -0.141. The van der Waals surface area contributed by atoms with Gasteiger partial charge in [0.15, 0.2) is 0 Å². The summed E-state index contributed by atoms with van der Waals surface area (Å²) in [6.45, 7) is 0. The zero-order chi connectivity index (χ0) is 12.0. The number of aromatic nitrogens is 1. The maximum Gasteiger partial charge on any atom is 0.433 e. The van der Waals surface area contributed by atoms with Gasteiger partial charge in [-0.3, -0.25) is 0 Å². The Hall–Kier alpha value is -1.17. The van der Waals surface area contributed by atoms with Crippen LogP contribution in [0.3, 0.4) is 0 Å². The van der Waals surface area contributed by atoms with Gasteiger partial charge in [-0.1, -0.05) is 18.3 Å². The fraction of sp³-hybridized carbons (Fsp3) is 0.400. The molecule has 86 valence electrons. The molecule has 16 heavy (non-hydrogen) atoms.